The number of aromatic nitrogens is 2. The molecule has 0 fully saturated rings. The fourth-order valence-electron chi connectivity index (χ4n) is 1.83. The van der Waals surface area contributed by atoms with Gasteiger partial charge < -0.3 is 5.73 Å². The number of aryl methyl sites for hydroxylation is 1. The molecule has 90 valence electrons. The van der Waals surface area contributed by atoms with Gasteiger partial charge >= 0.3 is 0 Å². The molecular formula is C12H13ClFN3. The fraction of sp³-hybridized carbons (Fsp3) is 0.250. The highest BCUT2D eigenvalue weighted by atomic mass is 35.5. The van der Waals surface area contributed by atoms with Gasteiger partial charge in [-0.15, -0.1) is 0 Å². The summed E-state index contributed by atoms with van der Waals surface area (Å²) in [6.45, 7) is 0. The van der Waals surface area contributed by atoms with E-state index in [1.807, 2.05) is 0 Å². The van der Waals surface area contributed by atoms with Gasteiger partial charge in [0, 0.05) is 7.05 Å². The van der Waals surface area contributed by atoms with Crippen molar-refractivity contribution in [3.8, 4) is 0 Å². The number of hydrogen-bond donors (Lipinski definition) is 1. The molecule has 1 unspecified atom stereocenters. The third kappa shape index (κ3) is 2.48. The molecule has 0 radical (unpaired) electrons. The van der Waals surface area contributed by atoms with E-state index in [1.165, 1.54) is 12.3 Å². The van der Waals surface area contributed by atoms with Crippen molar-refractivity contribution in [3.05, 3.63) is 52.6 Å². The van der Waals surface area contributed by atoms with Crippen LogP contribution in [0.2, 0.25) is 5.02 Å². The van der Waals surface area contributed by atoms with Crippen LogP contribution in [0.25, 0.3) is 0 Å². The summed E-state index contributed by atoms with van der Waals surface area (Å²) in [5.41, 5.74) is 7.33. The highest BCUT2D eigenvalue weighted by Gasteiger charge is 2.16. The third-order valence-corrected chi connectivity index (χ3v) is 2.98. The van der Waals surface area contributed by atoms with E-state index < -0.39 is 0 Å². The Hall–Kier alpha value is -1.39. The summed E-state index contributed by atoms with van der Waals surface area (Å²) >= 11 is 5.99. The predicted molar refractivity (Wildman–Crippen MR) is 65.3 cm³/mol. The molecule has 0 aliphatic carbocycles. The first-order valence-corrected chi connectivity index (χ1v) is 5.63. The van der Waals surface area contributed by atoms with Crippen molar-refractivity contribution in [1.29, 1.82) is 0 Å². The van der Waals surface area contributed by atoms with Crippen LogP contribution in [-0.4, -0.2) is 9.78 Å². The first kappa shape index (κ1) is 12.1. The molecule has 5 heteroatoms. The van der Waals surface area contributed by atoms with Gasteiger partial charge in [-0.3, -0.25) is 4.68 Å². The van der Waals surface area contributed by atoms with Crippen molar-refractivity contribution in [2.75, 3.05) is 0 Å². The minimum absolute atomic E-state index is 0.249. The summed E-state index contributed by atoms with van der Waals surface area (Å²) in [6.07, 6.45) is 1.93. The first-order chi connectivity index (χ1) is 8.09. The lowest BCUT2D eigenvalue weighted by Crippen LogP contribution is -2.18. The summed E-state index contributed by atoms with van der Waals surface area (Å²) in [7, 11) is 1.77. The Bertz CT molecular complexity index is 505. The Kier molecular flexibility index (Phi) is 3.45. The molecule has 0 amide bonds. The van der Waals surface area contributed by atoms with Crippen LogP contribution in [0, 0.1) is 5.82 Å². The maximum atomic E-state index is 13.5. The zero-order valence-electron chi connectivity index (χ0n) is 9.40. The molecule has 2 aromatic rings. The highest BCUT2D eigenvalue weighted by Crippen LogP contribution is 2.23. The molecule has 3 nitrogen and oxygen atoms in total. The molecule has 0 aliphatic heterocycles. The molecule has 1 aromatic heterocycles. The monoisotopic (exact) mass is 253 g/mol. The van der Waals surface area contributed by atoms with Crippen molar-refractivity contribution in [1.82, 2.24) is 9.78 Å². The van der Waals surface area contributed by atoms with Crippen LogP contribution >= 0.6 is 11.6 Å². The van der Waals surface area contributed by atoms with Crippen LogP contribution in [0.15, 0.2) is 30.5 Å². The van der Waals surface area contributed by atoms with Crippen LogP contribution < -0.4 is 5.73 Å². The minimum atomic E-state index is -0.369. The van der Waals surface area contributed by atoms with E-state index in [-0.39, 0.29) is 11.9 Å². The maximum absolute atomic E-state index is 13.5. The Morgan fingerprint density at radius 2 is 2.18 bits per heavy atom. The summed E-state index contributed by atoms with van der Waals surface area (Å²) in [6, 6.07) is 6.22. The molecule has 1 atom stereocenters. The molecule has 0 saturated heterocycles. The lowest BCUT2D eigenvalue weighted by Gasteiger charge is -2.13. The second-order valence-corrected chi connectivity index (χ2v) is 4.31. The number of nitrogens with two attached hydrogens (primary N) is 1. The fourth-order valence-corrected chi connectivity index (χ4v) is 2.14. The van der Waals surface area contributed by atoms with E-state index in [0.29, 0.717) is 17.0 Å². The van der Waals surface area contributed by atoms with Crippen LogP contribution in [-0.2, 0) is 13.5 Å². The largest absolute Gasteiger partial charge is 0.322 e. The molecule has 0 aliphatic rings. The summed E-state index contributed by atoms with van der Waals surface area (Å²) in [5.74, 6) is -0.249. The zero-order chi connectivity index (χ0) is 12.4. The number of benzene rings is 1. The smallest absolute Gasteiger partial charge is 0.126 e. The lowest BCUT2D eigenvalue weighted by atomic mass is 10.0. The van der Waals surface area contributed by atoms with Gasteiger partial charge in [0.25, 0.3) is 0 Å². The third-order valence-electron chi connectivity index (χ3n) is 2.69. The number of hydrogen-bond acceptors (Lipinski definition) is 2. The quantitative estimate of drug-likeness (QED) is 0.913. The SMILES string of the molecule is Cn1ncc(Cl)c1C(N)Cc1ccccc1F. The Labute approximate surface area is 104 Å². The second kappa shape index (κ2) is 4.85. The molecule has 2 rings (SSSR count). The van der Waals surface area contributed by atoms with E-state index in [0.717, 1.165) is 5.69 Å². The van der Waals surface area contributed by atoms with Crippen molar-refractivity contribution in [3.63, 3.8) is 0 Å². The van der Waals surface area contributed by atoms with E-state index >= 15 is 0 Å². The lowest BCUT2D eigenvalue weighted by molar-refractivity contribution is 0.574. The van der Waals surface area contributed by atoms with E-state index in [9.17, 15) is 4.39 Å². The molecular weight excluding hydrogens is 241 g/mol. The standard InChI is InChI=1S/C12H13ClFN3/c1-17-12(9(13)7-16-17)11(15)6-8-4-2-3-5-10(8)14/h2-5,7,11H,6,15H2,1H3. The van der Waals surface area contributed by atoms with E-state index in [1.54, 1.807) is 29.9 Å². The average molecular weight is 254 g/mol. The van der Waals surface area contributed by atoms with Crippen LogP contribution in [0.3, 0.4) is 0 Å². The van der Waals surface area contributed by atoms with Gasteiger partial charge in [-0.05, 0) is 18.1 Å². The first-order valence-electron chi connectivity index (χ1n) is 5.26. The van der Waals surface area contributed by atoms with Crippen LogP contribution in [0.5, 0.6) is 0 Å². The van der Waals surface area contributed by atoms with Gasteiger partial charge in [0.05, 0.1) is 23.0 Å². The molecule has 1 heterocycles. The molecule has 0 spiro atoms. The molecule has 0 bridgehead atoms. The van der Waals surface area contributed by atoms with Crippen molar-refractivity contribution in [2.24, 2.45) is 12.8 Å². The minimum Gasteiger partial charge on any atom is -0.322 e. The van der Waals surface area contributed by atoms with E-state index in [2.05, 4.69) is 5.10 Å². The normalized spacial score (nSPS) is 12.7. The molecule has 2 N–H and O–H groups in total. The number of nitrogens with zero attached hydrogens (tertiary/aromatic N) is 2. The van der Waals surface area contributed by atoms with Crippen molar-refractivity contribution in [2.45, 2.75) is 12.5 Å². The average Bonchev–Trinajstić information content (AvgIpc) is 2.62. The maximum Gasteiger partial charge on any atom is 0.126 e. The van der Waals surface area contributed by atoms with Crippen molar-refractivity contribution < 1.29 is 4.39 Å². The Balaban J connectivity index is 2.23. The molecule has 0 saturated carbocycles. The summed E-state index contributed by atoms with van der Waals surface area (Å²) in [4.78, 5) is 0. The van der Waals surface area contributed by atoms with Crippen LogP contribution in [0.4, 0.5) is 4.39 Å². The molecule has 17 heavy (non-hydrogen) atoms. The van der Waals surface area contributed by atoms with Gasteiger partial charge in [0.1, 0.15) is 5.82 Å². The second-order valence-electron chi connectivity index (χ2n) is 3.90. The zero-order valence-corrected chi connectivity index (χ0v) is 10.2. The summed E-state index contributed by atoms with van der Waals surface area (Å²) < 4.78 is 15.1. The van der Waals surface area contributed by atoms with Gasteiger partial charge in [0.15, 0.2) is 0 Å². The molecule has 1 aromatic carbocycles. The van der Waals surface area contributed by atoms with Crippen LogP contribution in [0.1, 0.15) is 17.3 Å². The van der Waals surface area contributed by atoms with Gasteiger partial charge in [-0.1, -0.05) is 29.8 Å². The van der Waals surface area contributed by atoms with Gasteiger partial charge in [0.2, 0.25) is 0 Å². The highest BCUT2D eigenvalue weighted by molar-refractivity contribution is 6.31. The number of rotatable bonds is 3. The van der Waals surface area contributed by atoms with Crippen molar-refractivity contribution >= 4 is 11.6 Å². The topological polar surface area (TPSA) is 43.8 Å². The van der Waals surface area contributed by atoms with Gasteiger partial charge in [-0.2, -0.15) is 5.10 Å². The predicted octanol–water partition coefficient (Wildman–Crippen LogP) is 2.46. The van der Waals surface area contributed by atoms with Gasteiger partial charge in [-0.25, -0.2) is 4.39 Å². The summed E-state index contributed by atoms with van der Waals surface area (Å²) in [5, 5.41) is 4.52. The number of halogens is 2. The Morgan fingerprint density at radius 3 is 2.76 bits per heavy atom. The Morgan fingerprint density at radius 1 is 1.47 bits per heavy atom. The van der Waals surface area contributed by atoms with E-state index in [4.69, 9.17) is 17.3 Å².